The quantitative estimate of drug-likeness (QED) is 0.0625. The lowest BCUT2D eigenvalue weighted by Crippen LogP contribution is -2.60. The lowest BCUT2D eigenvalue weighted by Gasteiger charge is -2.30. The van der Waals surface area contributed by atoms with Gasteiger partial charge in [-0.2, -0.15) is 0 Å². The minimum Gasteiger partial charge on any atom is -0.463 e. The maximum absolute atomic E-state index is 13.8. The molecule has 0 saturated carbocycles. The van der Waals surface area contributed by atoms with Crippen molar-refractivity contribution in [2.45, 2.75) is 150 Å². The number of alkyl carbamates (subject to hydrolysis) is 1. The molecule has 6 amide bonds. The molecule has 0 unspecified atom stereocenters. The van der Waals surface area contributed by atoms with E-state index in [1.165, 1.54) is 32.1 Å². The van der Waals surface area contributed by atoms with Gasteiger partial charge in [-0.3, -0.25) is 24.0 Å². The molecule has 6 N–H and O–H groups in total. The van der Waals surface area contributed by atoms with E-state index in [0.29, 0.717) is 12.8 Å². The topological polar surface area (TPSA) is 210 Å². The highest BCUT2D eigenvalue weighted by molar-refractivity contribution is 5.97. The third kappa shape index (κ3) is 20.9. The molecule has 15 nitrogen and oxygen atoms in total. The fraction of sp³-hybridized carbons (Fsp3) is 0.531. The van der Waals surface area contributed by atoms with E-state index in [9.17, 15) is 33.6 Å². The van der Waals surface area contributed by atoms with Gasteiger partial charge in [0, 0.05) is 12.2 Å². The van der Waals surface area contributed by atoms with Gasteiger partial charge in [0.2, 0.25) is 29.5 Å². The number of carbonyl (C=O) groups excluding carboxylic acids is 7. The van der Waals surface area contributed by atoms with Crippen LogP contribution in [0.5, 0.6) is 0 Å². The number of ether oxygens (including phenoxy) is 2. The van der Waals surface area contributed by atoms with Crippen molar-refractivity contribution < 1.29 is 43.0 Å². The van der Waals surface area contributed by atoms with Gasteiger partial charge < -0.3 is 41.4 Å². The second-order valence-corrected chi connectivity index (χ2v) is 18.8. The van der Waals surface area contributed by atoms with Gasteiger partial charge in [-0.15, -0.1) is 0 Å². The van der Waals surface area contributed by atoms with Crippen LogP contribution in [0.25, 0.3) is 0 Å². The molecule has 64 heavy (non-hydrogen) atoms. The van der Waals surface area contributed by atoms with Crippen molar-refractivity contribution in [3.05, 3.63) is 96.1 Å². The number of esters is 1. The number of amides is 6. The molecule has 0 spiro atoms. The van der Waals surface area contributed by atoms with E-state index in [2.05, 4.69) is 31.9 Å². The van der Waals surface area contributed by atoms with Crippen LogP contribution in [-0.4, -0.2) is 89.1 Å². The summed E-state index contributed by atoms with van der Waals surface area (Å²) < 4.78 is 10.4. The Balaban J connectivity index is 2.26. The van der Waals surface area contributed by atoms with Crippen molar-refractivity contribution in [1.82, 2.24) is 31.9 Å². The Morgan fingerprint density at radius 1 is 0.578 bits per heavy atom. The average Bonchev–Trinajstić information content (AvgIpc) is 3.18. The Kier molecular flexibility index (Phi) is 21.4. The van der Waals surface area contributed by atoms with Crippen LogP contribution < -0.4 is 31.9 Å². The van der Waals surface area contributed by atoms with Crippen molar-refractivity contribution in [2.24, 2.45) is 11.8 Å². The summed E-state index contributed by atoms with van der Waals surface area (Å²) in [4.78, 5) is 93.1. The van der Waals surface area contributed by atoms with Crippen LogP contribution in [-0.2, 0) is 51.1 Å². The van der Waals surface area contributed by atoms with E-state index in [0.717, 1.165) is 11.1 Å². The molecule has 352 valence electrons. The van der Waals surface area contributed by atoms with E-state index in [4.69, 9.17) is 9.47 Å². The molecule has 0 fully saturated rings. The van der Waals surface area contributed by atoms with Gasteiger partial charge in [-0.05, 0) is 104 Å². The smallest absolute Gasteiger partial charge is 0.408 e. The van der Waals surface area contributed by atoms with Gasteiger partial charge in [-0.1, -0.05) is 101 Å². The Labute approximate surface area is 379 Å². The molecule has 0 aliphatic heterocycles. The molecule has 2 aromatic rings. The molecular weight excluding hydrogens is 817 g/mol. The zero-order valence-corrected chi connectivity index (χ0v) is 39.8. The van der Waals surface area contributed by atoms with Gasteiger partial charge in [0.25, 0.3) is 0 Å². The summed E-state index contributed by atoms with van der Waals surface area (Å²) in [5.74, 6) is -3.37. The van der Waals surface area contributed by atoms with E-state index in [-0.39, 0.29) is 31.3 Å². The van der Waals surface area contributed by atoms with Crippen molar-refractivity contribution >= 4 is 41.6 Å². The van der Waals surface area contributed by atoms with Crippen LogP contribution in [0.1, 0.15) is 107 Å². The lowest BCUT2D eigenvalue weighted by molar-refractivity contribution is -0.137. The molecule has 0 radical (unpaired) electrons. The summed E-state index contributed by atoms with van der Waals surface area (Å²) in [6.45, 7) is 20.8. The highest BCUT2D eigenvalue weighted by atomic mass is 16.6. The molecule has 0 bridgehead atoms. The van der Waals surface area contributed by atoms with Gasteiger partial charge >= 0.3 is 12.1 Å². The van der Waals surface area contributed by atoms with E-state index in [1.807, 2.05) is 88.4 Å². The van der Waals surface area contributed by atoms with Gasteiger partial charge in [-0.25, -0.2) is 9.59 Å². The van der Waals surface area contributed by atoms with Crippen molar-refractivity contribution in [1.29, 1.82) is 0 Å². The maximum Gasteiger partial charge on any atom is 0.408 e. The fourth-order valence-electron chi connectivity index (χ4n) is 6.34. The molecule has 4 atom stereocenters. The van der Waals surface area contributed by atoms with Gasteiger partial charge in [0.05, 0.1) is 18.7 Å². The minimum absolute atomic E-state index is 0.0257. The Morgan fingerprint density at radius 3 is 1.38 bits per heavy atom. The Morgan fingerprint density at radius 2 is 0.984 bits per heavy atom. The number of nitrogens with one attached hydrogen (secondary N) is 6. The summed E-state index contributed by atoms with van der Waals surface area (Å²) in [5.41, 5.74) is -1.90. The number of hydrogen-bond acceptors (Lipinski definition) is 9. The number of hydrogen-bond donors (Lipinski definition) is 6. The molecule has 0 saturated heterocycles. The van der Waals surface area contributed by atoms with Crippen LogP contribution in [0.3, 0.4) is 0 Å². The Hall–Kier alpha value is -5.99. The normalized spacial score (nSPS) is 14.0. The zero-order valence-electron chi connectivity index (χ0n) is 39.8. The van der Waals surface area contributed by atoms with Crippen molar-refractivity contribution in [3.63, 3.8) is 0 Å². The first-order valence-corrected chi connectivity index (χ1v) is 22.0. The minimum atomic E-state index is -1.45. The average molecular weight is 889 g/mol. The van der Waals surface area contributed by atoms with Crippen LogP contribution in [0.4, 0.5) is 4.79 Å². The van der Waals surface area contributed by atoms with Crippen LogP contribution in [0, 0.1) is 11.8 Å². The monoisotopic (exact) mass is 889 g/mol. The van der Waals surface area contributed by atoms with E-state index < -0.39 is 82.4 Å². The molecule has 0 aliphatic rings. The molecular formula is C49H72N6O9. The summed E-state index contributed by atoms with van der Waals surface area (Å²) >= 11 is 0. The van der Waals surface area contributed by atoms with Crippen LogP contribution in [0.2, 0.25) is 0 Å². The summed E-state index contributed by atoms with van der Waals surface area (Å²) in [7, 11) is 0. The first-order valence-electron chi connectivity index (χ1n) is 22.0. The number of carbonyl (C=O) groups is 7. The largest absolute Gasteiger partial charge is 0.463 e. The third-order valence-electron chi connectivity index (χ3n) is 9.52. The second kappa shape index (κ2) is 25.3. The van der Waals surface area contributed by atoms with Crippen molar-refractivity contribution in [2.75, 3.05) is 6.61 Å². The fourth-order valence-corrected chi connectivity index (χ4v) is 6.34. The first kappa shape index (κ1) is 54.1. The predicted octanol–water partition coefficient (Wildman–Crippen LogP) is 5.38. The summed E-state index contributed by atoms with van der Waals surface area (Å²) in [6.07, 6.45) is 6.02. The molecule has 0 heterocycles. The van der Waals surface area contributed by atoms with Crippen molar-refractivity contribution in [3.8, 4) is 0 Å². The molecule has 15 heteroatoms. The SMILES string of the molecule is CCOC(=O)/C=C\[C@H](Cc1ccccc1)NC(=O)C(C)(C)NC(=O)[C@H](CC(C)C)NC(=O)/C=C/[C@H](Cc1ccccc1)NC(=O)C(C)(C)NC(=O)[C@H](CC(C)C)NC(=O)OC(C)(C)C. The summed E-state index contributed by atoms with van der Waals surface area (Å²) in [5, 5.41) is 16.8. The third-order valence-corrected chi connectivity index (χ3v) is 9.52. The van der Waals surface area contributed by atoms with Gasteiger partial charge in [0.1, 0.15) is 28.8 Å². The molecule has 0 aromatic heterocycles. The highest BCUT2D eigenvalue weighted by Gasteiger charge is 2.36. The lowest BCUT2D eigenvalue weighted by atomic mass is 9.98. The highest BCUT2D eigenvalue weighted by Crippen LogP contribution is 2.15. The Bertz CT molecular complexity index is 1920. The zero-order chi connectivity index (χ0) is 48.3. The van der Waals surface area contributed by atoms with Crippen LogP contribution in [0.15, 0.2) is 85.0 Å². The van der Waals surface area contributed by atoms with Crippen LogP contribution >= 0.6 is 0 Å². The van der Waals surface area contributed by atoms with E-state index in [1.54, 1.807) is 47.6 Å². The number of rotatable bonds is 23. The van der Waals surface area contributed by atoms with Gasteiger partial charge in [0.15, 0.2) is 0 Å². The van der Waals surface area contributed by atoms with E-state index >= 15 is 0 Å². The standard InChI is InChI=1S/C49H72N6O9/c1-13-63-41(57)27-25-37(31-35-22-18-15-19-23-35)51-45(61)48(9,10)54-42(58)38(28-32(2)3)52-40(56)26-24-36(30-34-20-16-14-17-21-34)50-44(60)49(11,12)55-43(59)39(29-33(4)5)53-46(62)64-47(6,7)8/h14-27,32-33,36-39H,13,28-31H2,1-12H3,(H,50,60)(H,51,61)(H,52,56)(H,53,62)(H,54,58)(H,55,59)/b26-24+,27-25-/t36-,37-,38+,39+/m1/s1. The first-order chi connectivity index (χ1) is 29.8. The maximum atomic E-state index is 13.8. The summed E-state index contributed by atoms with van der Waals surface area (Å²) in [6, 6.07) is 15.4. The second-order valence-electron chi connectivity index (χ2n) is 18.8. The molecule has 2 aromatic carbocycles. The number of benzene rings is 2. The molecule has 2 rings (SSSR count). The predicted molar refractivity (Wildman–Crippen MR) is 248 cm³/mol. The molecule has 0 aliphatic carbocycles.